The minimum atomic E-state index is -0.977. The van der Waals surface area contributed by atoms with E-state index in [4.69, 9.17) is 23.2 Å². The summed E-state index contributed by atoms with van der Waals surface area (Å²) >= 11 is 13.6. The van der Waals surface area contributed by atoms with Gasteiger partial charge < -0.3 is 0 Å². The molecule has 2 aromatic rings. The molecule has 0 amide bonds. The van der Waals surface area contributed by atoms with Gasteiger partial charge in [0.1, 0.15) is 4.87 Å². The first-order chi connectivity index (χ1) is 10.5. The van der Waals surface area contributed by atoms with Crippen molar-refractivity contribution in [1.82, 2.24) is 0 Å². The van der Waals surface area contributed by atoms with Gasteiger partial charge in [0, 0.05) is 0 Å². The lowest BCUT2D eigenvalue weighted by atomic mass is 9.90. The largest absolute Gasteiger partial charge is 0.204 e. The summed E-state index contributed by atoms with van der Waals surface area (Å²) in [4.78, 5) is -1.73. The summed E-state index contributed by atoms with van der Waals surface area (Å²) in [5.74, 6) is -1.73. The van der Waals surface area contributed by atoms with Crippen LogP contribution in [0.2, 0.25) is 0 Å². The molecule has 0 aliphatic heterocycles. The van der Waals surface area contributed by atoms with E-state index in [0.717, 1.165) is 11.1 Å². The number of rotatable bonds is 0. The topological polar surface area (TPSA) is 0 Å². The third-order valence-corrected chi connectivity index (χ3v) is 5.88. The number of fused-ring (bicyclic) bond motifs is 5. The lowest BCUT2D eigenvalue weighted by Gasteiger charge is -2.31. The molecular formula is C18H16Cl2F2. The van der Waals surface area contributed by atoms with Crippen LogP contribution >= 0.6 is 23.2 Å². The molecule has 0 saturated carbocycles. The second-order valence-electron chi connectivity index (χ2n) is 5.56. The van der Waals surface area contributed by atoms with Gasteiger partial charge in [-0.05, 0) is 47.2 Å². The van der Waals surface area contributed by atoms with Gasteiger partial charge >= 0.3 is 0 Å². The Morgan fingerprint density at radius 1 is 0.864 bits per heavy atom. The molecule has 2 aliphatic carbocycles. The first-order valence-corrected chi connectivity index (χ1v) is 8.16. The van der Waals surface area contributed by atoms with Crippen LogP contribution in [0.3, 0.4) is 0 Å². The maximum Gasteiger partial charge on any atom is 0.159 e. The third-order valence-electron chi connectivity index (χ3n) is 4.46. The standard InChI is InChI=1S/C16H10Cl2F2.C2H6/c17-15-7-9-3-1-2-4-11(9)16(15,18)12-6-14(20)13(19)5-10(12)8-15;1-2/h1-6H,7-8H2;1-2H3. The highest BCUT2D eigenvalue weighted by Crippen LogP contribution is 2.62. The van der Waals surface area contributed by atoms with Gasteiger partial charge in [-0.15, -0.1) is 23.2 Å². The quantitative estimate of drug-likeness (QED) is 0.550. The van der Waals surface area contributed by atoms with Gasteiger partial charge in [0.2, 0.25) is 0 Å². The molecule has 0 radical (unpaired) electrons. The van der Waals surface area contributed by atoms with E-state index in [1.54, 1.807) is 0 Å². The fraction of sp³-hybridized carbons (Fsp3) is 0.333. The first kappa shape index (κ1) is 15.8. The molecule has 2 aliphatic rings. The average Bonchev–Trinajstić information content (AvgIpc) is 2.85. The van der Waals surface area contributed by atoms with Crippen molar-refractivity contribution in [1.29, 1.82) is 0 Å². The van der Waals surface area contributed by atoms with Crippen LogP contribution in [0.1, 0.15) is 36.1 Å². The van der Waals surface area contributed by atoms with Crippen molar-refractivity contribution in [3.05, 3.63) is 70.3 Å². The van der Waals surface area contributed by atoms with Gasteiger partial charge in [0.25, 0.3) is 0 Å². The highest BCUT2D eigenvalue weighted by atomic mass is 35.5. The predicted octanol–water partition coefficient (Wildman–Crippen LogP) is 5.56. The van der Waals surface area contributed by atoms with E-state index in [1.807, 2.05) is 38.1 Å². The SMILES string of the molecule is CC.Fc1cc2c(cc1F)C1(Cl)c3ccccc3CC1(Cl)C2. The fourth-order valence-electron chi connectivity index (χ4n) is 3.60. The Morgan fingerprint density at radius 3 is 2.18 bits per heavy atom. The van der Waals surface area contributed by atoms with Crippen LogP contribution in [-0.4, -0.2) is 4.87 Å². The smallest absolute Gasteiger partial charge is 0.159 e. The van der Waals surface area contributed by atoms with Crippen LogP contribution in [0.15, 0.2) is 36.4 Å². The van der Waals surface area contributed by atoms with Crippen molar-refractivity contribution in [2.45, 2.75) is 36.4 Å². The summed E-state index contributed by atoms with van der Waals surface area (Å²) in [5.41, 5.74) is 3.27. The molecule has 2 atom stereocenters. The fourth-order valence-corrected chi connectivity index (χ4v) is 4.59. The average molecular weight is 341 g/mol. The summed E-state index contributed by atoms with van der Waals surface area (Å²) in [5, 5.41) is 0. The predicted molar refractivity (Wildman–Crippen MR) is 86.8 cm³/mol. The minimum Gasteiger partial charge on any atom is -0.204 e. The van der Waals surface area contributed by atoms with E-state index < -0.39 is 21.4 Å². The monoisotopic (exact) mass is 340 g/mol. The van der Waals surface area contributed by atoms with Crippen LogP contribution < -0.4 is 0 Å². The van der Waals surface area contributed by atoms with Gasteiger partial charge in [-0.3, -0.25) is 0 Å². The highest BCUT2D eigenvalue weighted by molar-refractivity contribution is 6.38. The summed E-state index contributed by atoms with van der Waals surface area (Å²) in [6, 6.07) is 10.2. The lowest BCUT2D eigenvalue weighted by molar-refractivity contribution is 0.505. The Bertz CT molecular complexity index is 744. The van der Waals surface area contributed by atoms with E-state index in [2.05, 4.69) is 0 Å². The van der Waals surface area contributed by atoms with Crippen LogP contribution in [0, 0.1) is 11.6 Å². The molecule has 2 unspecified atom stereocenters. The van der Waals surface area contributed by atoms with Gasteiger partial charge in [-0.1, -0.05) is 38.1 Å². The Balaban J connectivity index is 0.000000693. The normalized spacial score (nSPS) is 27.5. The molecule has 0 fully saturated rings. The first-order valence-electron chi connectivity index (χ1n) is 7.40. The van der Waals surface area contributed by atoms with Crippen molar-refractivity contribution in [3.63, 3.8) is 0 Å². The van der Waals surface area contributed by atoms with Crippen molar-refractivity contribution in [2.75, 3.05) is 0 Å². The summed E-state index contributed by atoms with van der Waals surface area (Å²) in [6.07, 6.45) is 1.05. The van der Waals surface area contributed by atoms with Crippen molar-refractivity contribution >= 4 is 23.2 Å². The van der Waals surface area contributed by atoms with Gasteiger partial charge in [-0.25, -0.2) is 8.78 Å². The number of alkyl halides is 2. The van der Waals surface area contributed by atoms with Crippen LogP contribution in [-0.2, 0) is 17.7 Å². The number of hydrogen-bond donors (Lipinski definition) is 0. The van der Waals surface area contributed by atoms with Crippen LogP contribution in [0.4, 0.5) is 8.78 Å². The highest BCUT2D eigenvalue weighted by Gasteiger charge is 2.61. The molecule has 0 heterocycles. The van der Waals surface area contributed by atoms with E-state index in [0.29, 0.717) is 24.0 Å². The number of benzene rings is 2. The van der Waals surface area contributed by atoms with Gasteiger partial charge in [-0.2, -0.15) is 0 Å². The molecule has 2 aromatic carbocycles. The zero-order chi connectivity index (χ0) is 16.1. The van der Waals surface area contributed by atoms with Crippen molar-refractivity contribution in [3.8, 4) is 0 Å². The Morgan fingerprint density at radius 2 is 1.45 bits per heavy atom. The summed E-state index contributed by atoms with van der Waals surface area (Å²) in [6.45, 7) is 4.00. The van der Waals surface area contributed by atoms with Crippen LogP contribution in [0.25, 0.3) is 0 Å². The van der Waals surface area contributed by atoms with Crippen molar-refractivity contribution in [2.24, 2.45) is 0 Å². The third kappa shape index (κ3) is 1.87. The molecule has 0 spiro atoms. The molecule has 0 bridgehead atoms. The second-order valence-corrected chi connectivity index (χ2v) is 6.85. The maximum absolute atomic E-state index is 13.6. The molecule has 0 saturated heterocycles. The van der Waals surface area contributed by atoms with E-state index in [-0.39, 0.29) is 0 Å². The molecule has 0 N–H and O–H groups in total. The van der Waals surface area contributed by atoms with Crippen LogP contribution in [0.5, 0.6) is 0 Å². The van der Waals surface area contributed by atoms with E-state index in [9.17, 15) is 8.78 Å². The Hall–Kier alpha value is -1.12. The Kier molecular flexibility index (Phi) is 3.73. The summed E-state index contributed by atoms with van der Waals surface area (Å²) < 4.78 is 27.1. The molecule has 4 rings (SSSR count). The molecule has 4 heteroatoms. The molecule has 0 nitrogen and oxygen atoms in total. The maximum atomic E-state index is 13.6. The number of hydrogen-bond acceptors (Lipinski definition) is 0. The summed E-state index contributed by atoms with van der Waals surface area (Å²) in [7, 11) is 0. The zero-order valence-electron chi connectivity index (χ0n) is 12.4. The molecule has 22 heavy (non-hydrogen) atoms. The zero-order valence-corrected chi connectivity index (χ0v) is 13.9. The number of halogens is 4. The molecule has 116 valence electrons. The van der Waals surface area contributed by atoms with E-state index >= 15 is 0 Å². The molecule has 0 aromatic heterocycles. The van der Waals surface area contributed by atoms with Gasteiger partial charge in [0.05, 0.1) is 4.87 Å². The van der Waals surface area contributed by atoms with Gasteiger partial charge in [0.15, 0.2) is 11.6 Å². The second kappa shape index (κ2) is 5.21. The lowest BCUT2D eigenvalue weighted by Crippen LogP contribution is -2.37. The van der Waals surface area contributed by atoms with Crippen molar-refractivity contribution < 1.29 is 8.78 Å². The molecular weight excluding hydrogens is 325 g/mol. The Labute approximate surface area is 139 Å². The minimum absolute atomic E-state index is 0.444. The van der Waals surface area contributed by atoms with E-state index in [1.165, 1.54) is 12.1 Å².